The Balaban J connectivity index is 2.61. The molecular formula is C13H13BrN2S. The molecule has 2 nitrogen and oxygen atoms in total. The van der Waals surface area contributed by atoms with E-state index in [4.69, 9.17) is 12.2 Å². The van der Waals surface area contributed by atoms with Crippen molar-refractivity contribution in [2.75, 3.05) is 0 Å². The van der Waals surface area contributed by atoms with E-state index in [2.05, 4.69) is 32.8 Å². The second-order valence-electron chi connectivity index (χ2n) is 3.86. The predicted molar refractivity (Wildman–Crippen MR) is 76.7 cm³/mol. The first-order valence-electron chi connectivity index (χ1n) is 5.47. The molecule has 0 aliphatic carbocycles. The van der Waals surface area contributed by atoms with Crippen LogP contribution in [0.5, 0.6) is 0 Å². The smallest absolute Gasteiger partial charge is 0.139 e. The number of nitrogens with one attached hydrogen (secondary N) is 1. The number of benzene rings is 1. The molecule has 1 heterocycles. The number of hydrogen-bond donors (Lipinski definition) is 1. The minimum absolute atomic E-state index is 0.676. The molecule has 4 heteroatoms. The van der Waals surface area contributed by atoms with E-state index >= 15 is 0 Å². The highest BCUT2D eigenvalue weighted by Gasteiger charge is 2.05. The molecule has 0 aliphatic rings. The molecule has 88 valence electrons. The van der Waals surface area contributed by atoms with Gasteiger partial charge in [0.2, 0.25) is 0 Å². The maximum absolute atomic E-state index is 5.28. The van der Waals surface area contributed by atoms with E-state index in [0.717, 1.165) is 33.5 Å². The first-order valence-corrected chi connectivity index (χ1v) is 6.67. The molecule has 0 saturated carbocycles. The van der Waals surface area contributed by atoms with Crippen LogP contribution < -0.4 is 0 Å². The Hall–Kier alpha value is -1.00. The van der Waals surface area contributed by atoms with Gasteiger partial charge in [0, 0.05) is 21.3 Å². The van der Waals surface area contributed by atoms with E-state index in [9.17, 15) is 0 Å². The first-order chi connectivity index (χ1) is 8.11. The van der Waals surface area contributed by atoms with Crippen LogP contribution in [0.1, 0.15) is 18.2 Å². The average molecular weight is 309 g/mol. The topological polar surface area (TPSA) is 28.7 Å². The van der Waals surface area contributed by atoms with Crippen molar-refractivity contribution in [3.05, 3.63) is 44.6 Å². The molecule has 0 saturated heterocycles. The monoisotopic (exact) mass is 308 g/mol. The minimum atomic E-state index is 0.676. The van der Waals surface area contributed by atoms with Crippen molar-refractivity contribution in [1.29, 1.82) is 0 Å². The van der Waals surface area contributed by atoms with Crippen LogP contribution in [0.2, 0.25) is 0 Å². The summed E-state index contributed by atoms with van der Waals surface area (Å²) in [5.74, 6) is 0.832. The Kier molecular flexibility index (Phi) is 3.74. The number of H-pyrrole nitrogens is 1. The molecule has 1 N–H and O–H groups in total. The summed E-state index contributed by atoms with van der Waals surface area (Å²) in [6.45, 7) is 4.12. The molecule has 0 unspecified atom stereocenters. The van der Waals surface area contributed by atoms with E-state index in [-0.39, 0.29) is 0 Å². The molecule has 17 heavy (non-hydrogen) atoms. The molecule has 0 fully saturated rings. The van der Waals surface area contributed by atoms with Crippen molar-refractivity contribution in [3.63, 3.8) is 0 Å². The average Bonchev–Trinajstić information content (AvgIpc) is 2.32. The molecule has 1 aromatic heterocycles. The normalized spacial score (nSPS) is 10.5. The molecule has 0 spiro atoms. The summed E-state index contributed by atoms with van der Waals surface area (Å²) < 4.78 is 1.71. The van der Waals surface area contributed by atoms with Crippen molar-refractivity contribution in [2.45, 2.75) is 20.3 Å². The second kappa shape index (κ2) is 5.10. The standard InChI is InChI=1S/C13H13BrN2S/c1-3-11-8(2)13(17)16-12(15-11)9-5-4-6-10(14)7-9/h4-7H,3H2,1-2H3,(H,15,16,17). The van der Waals surface area contributed by atoms with Gasteiger partial charge in [-0.1, -0.05) is 47.2 Å². The number of aryl methyl sites for hydroxylation is 1. The van der Waals surface area contributed by atoms with Gasteiger partial charge in [-0.25, -0.2) is 4.98 Å². The summed E-state index contributed by atoms with van der Waals surface area (Å²) in [4.78, 5) is 7.78. The fraction of sp³-hybridized carbons (Fsp3) is 0.231. The molecule has 2 aromatic rings. The van der Waals surface area contributed by atoms with Gasteiger partial charge in [0.15, 0.2) is 0 Å². The summed E-state index contributed by atoms with van der Waals surface area (Å²) in [6.07, 6.45) is 0.930. The van der Waals surface area contributed by atoms with Gasteiger partial charge in [0.05, 0.1) is 0 Å². The number of aromatic amines is 1. The van der Waals surface area contributed by atoms with Gasteiger partial charge >= 0.3 is 0 Å². The Morgan fingerprint density at radius 3 is 2.82 bits per heavy atom. The van der Waals surface area contributed by atoms with Gasteiger partial charge in [-0.05, 0) is 25.5 Å². The summed E-state index contributed by atoms with van der Waals surface area (Å²) in [7, 11) is 0. The number of halogens is 1. The highest BCUT2D eigenvalue weighted by molar-refractivity contribution is 9.10. The van der Waals surface area contributed by atoms with Crippen LogP contribution >= 0.6 is 28.1 Å². The van der Waals surface area contributed by atoms with Gasteiger partial charge in [-0.3, -0.25) is 0 Å². The maximum atomic E-state index is 5.28. The lowest BCUT2D eigenvalue weighted by Crippen LogP contribution is -1.99. The van der Waals surface area contributed by atoms with Crippen LogP contribution in [0.15, 0.2) is 28.7 Å². The molecule has 0 atom stereocenters. The number of nitrogens with zero attached hydrogens (tertiary/aromatic N) is 1. The van der Waals surface area contributed by atoms with Crippen molar-refractivity contribution < 1.29 is 0 Å². The Morgan fingerprint density at radius 2 is 2.18 bits per heavy atom. The Bertz CT molecular complexity index is 605. The van der Waals surface area contributed by atoms with Gasteiger partial charge in [-0.2, -0.15) is 0 Å². The van der Waals surface area contributed by atoms with Gasteiger partial charge in [0.25, 0.3) is 0 Å². The molecule has 0 bridgehead atoms. The summed E-state index contributed by atoms with van der Waals surface area (Å²) in [5, 5.41) is 0. The van der Waals surface area contributed by atoms with E-state index in [1.54, 1.807) is 0 Å². The third-order valence-electron chi connectivity index (χ3n) is 2.71. The van der Waals surface area contributed by atoms with Crippen LogP contribution in [0.25, 0.3) is 11.4 Å². The van der Waals surface area contributed by atoms with Crippen molar-refractivity contribution >= 4 is 28.1 Å². The lowest BCUT2D eigenvalue weighted by molar-refractivity contribution is 0.969. The van der Waals surface area contributed by atoms with E-state index in [0.29, 0.717) is 4.64 Å². The van der Waals surface area contributed by atoms with E-state index in [1.165, 1.54) is 0 Å². The van der Waals surface area contributed by atoms with Gasteiger partial charge in [-0.15, -0.1) is 0 Å². The van der Waals surface area contributed by atoms with Crippen LogP contribution in [0, 0.1) is 11.6 Å². The second-order valence-corrected chi connectivity index (χ2v) is 5.16. The highest BCUT2D eigenvalue weighted by Crippen LogP contribution is 2.21. The van der Waals surface area contributed by atoms with Crippen LogP contribution in [-0.4, -0.2) is 9.97 Å². The van der Waals surface area contributed by atoms with Crippen molar-refractivity contribution in [2.24, 2.45) is 0 Å². The maximum Gasteiger partial charge on any atom is 0.139 e. The molecule has 0 amide bonds. The zero-order valence-corrected chi connectivity index (χ0v) is 12.2. The molecule has 2 rings (SSSR count). The zero-order chi connectivity index (χ0) is 12.4. The predicted octanol–water partition coefficient (Wildman–Crippen LogP) is 4.44. The van der Waals surface area contributed by atoms with E-state index in [1.807, 2.05) is 31.2 Å². The van der Waals surface area contributed by atoms with Crippen LogP contribution in [0.4, 0.5) is 0 Å². The SMILES string of the molecule is CCc1[nH]c(-c2cccc(Br)c2)nc(=S)c1C. The largest absolute Gasteiger partial charge is 0.343 e. The third-order valence-corrected chi connectivity index (χ3v) is 3.60. The lowest BCUT2D eigenvalue weighted by atomic mass is 10.1. The van der Waals surface area contributed by atoms with Crippen LogP contribution in [0.3, 0.4) is 0 Å². The minimum Gasteiger partial charge on any atom is -0.343 e. The quantitative estimate of drug-likeness (QED) is 0.831. The van der Waals surface area contributed by atoms with Crippen molar-refractivity contribution in [3.8, 4) is 11.4 Å². The van der Waals surface area contributed by atoms with Gasteiger partial charge in [0.1, 0.15) is 10.5 Å². The van der Waals surface area contributed by atoms with Crippen LogP contribution in [-0.2, 0) is 6.42 Å². The number of hydrogen-bond acceptors (Lipinski definition) is 2. The highest BCUT2D eigenvalue weighted by atomic mass is 79.9. The summed E-state index contributed by atoms with van der Waals surface area (Å²) >= 11 is 8.74. The zero-order valence-electron chi connectivity index (χ0n) is 9.75. The van der Waals surface area contributed by atoms with E-state index < -0.39 is 0 Å². The molecule has 1 aromatic carbocycles. The fourth-order valence-corrected chi connectivity index (χ4v) is 2.32. The summed E-state index contributed by atoms with van der Waals surface area (Å²) in [5.41, 5.74) is 3.27. The Labute approximate surface area is 114 Å². The number of rotatable bonds is 2. The fourth-order valence-electron chi connectivity index (χ4n) is 1.71. The summed E-state index contributed by atoms with van der Waals surface area (Å²) in [6, 6.07) is 8.03. The third kappa shape index (κ3) is 2.64. The molecule has 0 aliphatic heterocycles. The van der Waals surface area contributed by atoms with Gasteiger partial charge < -0.3 is 4.98 Å². The number of aromatic nitrogens is 2. The molecule has 0 radical (unpaired) electrons. The first kappa shape index (κ1) is 12.5. The van der Waals surface area contributed by atoms with Crippen molar-refractivity contribution in [1.82, 2.24) is 9.97 Å². The Morgan fingerprint density at radius 1 is 1.41 bits per heavy atom. The molecular weight excluding hydrogens is 296 g/mol. The lowest BCUT2D eigenvalue weighted by Gasteiger charge is -2.08.